The van der Waals surface area contributed by atoms with Gasteiger partial charge in [-0.2, -0.15) is 0 Å². The molecule has 6 nitrogen and oxygen atoms in total. The zero-order chi connectivity index (χ0) is 24.2. The maximum absolute atomic E-state index is 13.7. The van der Waals surface area contributed by atoms with Gasteiger partial charge in [0.05, 0.1) is 19.1 Å². The fraction of sp³-hybridized carbons (Fsp3) is 0.593. The van der Waals surface area contributed by atoms with Crippen molar-refractivity contribution in [2.45, 2.75) is 59.9 Å². The van der Waals surface area contributed by atoms with E-state index < -0.39 is 17.4 Å². The third-order valence-electron chi connectivity index (χ3n) is 6.78. The van der Waals surface area contributed by atoms with Crippen molar-refractivity contribution in [2.75, 3.05) is 32.8 Å². The lowest BCUT2D eigenvalue weighted by atomic mass is 9.76. The number of carbonyl (C=O) groups excluding carboxylic acids is 3. The van der Waals surface area contributed by atoms with Crippen LogP contribution in [0.15, 0.2) is 30.3 Å². The van der Waals surface area contributed by atoms with Crippen LogP contribution in [0.3, 0.4) is 0 Å². The van der Waals surface area contributed by atoms with E-state index in [1.165, 1.54) is 5.56 Å². The standard InChI is InChI=1S/C27H38N2O4/c1-19-8-10-21(11-9-19)20(2)17-22(30)18-23(27(3,4)5)25(31)29-12-6-7-24(29)26(32)28-13-15-33-16-14-28/h8-11,17,23-24H,6-7,12-16,18H2,1-5H3/b20-17+/t23-,24?/m1/s1. The molecule has 0 N–H and O–H groups in total. The van der Waals surface area contributed by atoms with Crippen LogP contribution in [0.1, 0.15) is 58.1 Å². The monoisotopic (exact) mass is 454 g/mol. The van der Waals surface area contributed by atoms with Gasteiger partial charge in [-0.15, -0.1) is 0 Å². The van der Waals surface area contributed by atoms with Crippen LogP contribution in [0, 0.1) is 18.3 Å². The fourth-order valence-electron chi connectivity index (χ4n) is 4.65. The summed E-state index contributed by atoms with van der Waals surface area (Å²) in [6.45, 7) is 12.7. The number of aryl methyl sites for hydroxylation is 1. The lowest BCUT2D eigenvalue weighted by Crippen LogP contribution is -2.53. The van der Waals surface area contributed by atoms with Gasteiger partial charge >= 0.3 is 0 Å². The van der Waals surface area contributed by atoms with Crippen molar-refractivity contribution >= 4 is 23.2 Å². The van der Waals surface area contributed by atoms with Crippen LogP contribution in [0.25, 0.3) is 5.57 Å². The largest absolute Gasteiger partial charge is 0.378 e. The molecule has 2 fully saturated rings. The molecule has 1 unspecified atom stereocenters. The molecule has 3 rings (SSSR count). The second-order valence-corrected chi connectivity index (χ2v) is 10.4. The van der Waals surface area contributed by atoms with Gasteiger partial charge < -0.3 is 14.5 Å². The summed E-state index contributed by atoms with van der Waals surface area (Å²) in [6, 6.07) is 7.63. The number of ketones is 1. The number of hydrogen-bond acceptors (Lipinski definition) is 4. The lowest BCUT2D eigenvalue weighted by molar-refractivity contribution is -0.150. The number of benzene rings is 1. The number of ether oxygens (including phenoxy) is 1. The Morgan fingerprint density at radius 2 is 1.73 bits per heavy atom. The van der Waals surface area contributed by atoms with Crippen molar-refractivity contribution in [3.63, 3.8) is 0 Å². The first kappa shape index (κ1) is 25.2. The summed E-state index contributed by atoms with van der Waals surface area (Å²) >= 11 is 0. The van der Waals surface area contributed by atoms with E-state index >= 15 is 0 Å². The fourth-order valence-corrected chi connectivity index (χ4v) is 4.65. The Kier molecular flexibility index (Phi) is 8.11. The summed E-state index contributed by atoms with van der Waals surface area (Å²) in [5.74, 6) is -0.610. The molecular formula is C27H38N2O4. The molecule has 2 heterocycles. The van der Waals surface area contributed by atoms with Crippen LogP contribution in [0.4, 0.5) is 0 Å². The van der Waals surface area contributed by atoms with Crippen LogP contribution in [-0.4, -0.2) is 66.3 Å². The Labute approximate surface area is 198 Å². The molecule has 0 aromatic heterocycles. The van der Waals surface area contributed by atoms with Gasteiger partial charge in [0.1, 0.15) is 6.04 Å². The number of likely N-dealkylation sites (tertiary alicyclic amines) is 1. The Hall–Kier alpha value is -2.47. The molecule has 33 heavy (non-hydrogen) atoms. The van der Waals surface area contributed by atoms with E-state index in [1.54, 1.807) is 11.0 Å². The van der Waals surface area contributed by atoms with E-state index in [9.17, 15) is 14.4 Å². The summed E-state index contributed by atoms with van der Waals surface area (Å²) in [5, 5.41) is 0. The predicted octanol–water partition coefficient (Wildman–Crippen LogP) is 3.87. The van der Waals surface area contributed by atoms with Gasteiger partial charge in [0, 0.05) is 26.1 Å². The van der Waals surface area contributed by atoms with Crippen molar-refractivity contribution in [3.8, 4) is 0 Å². The van der Waals surface area contributed by atoms with Gasteiger partial charge in [-0.3, -0.25) is 14.4 Å². The Morgan fingerprint density at radius 3 is 2.33 bits per heavy atom. The van der Waals surface area contributed by atoms with E-state index in [0.29, 0.717) is 39.3 Å². The number of allylic oxidation sites excluding steroid dienone is 2. The van der Waals surface area contributed by atoms with Gasteiger partial charge in [-0.05, 0) is 49.3 Å². The highest BCUT2D eigenvalue weighted by Gasteiger charge is 2.42. The molecule has 0 aliphatic carbocycles. The van der Waals surface area contributed by atoms with Crippen LogP contribution >= 0.6 is 0 Å². The minimum absolute atomic E-state index is 0.0123. The summed E-state index contributed by atoms with van der Waals surface area (Å²) in [5.41, 5.74) is 2.67. The second-order valence-electron chi connectivity index (χ2n) is 10.4. The molecule has 1 aromatic carbocycles. The van der Waals surface area contributed by atoms with Crippen LogP contribution in [0.5, 0.6) is 0 Å². The summed E-state index contributed by atoms with van der Waals surface area (Å²) in [4.78, 5) is 43.4. The molecule has 0 saturated carbocycles. The van der Waals surface area contributed by atoms with Crippen LogP contribution in [-0.2, 0) is 19.1 Å². The second kappa shape index (κ2) is 10.6. The third kappa shape index (κ3) is 6.32. The quantitative estimate of drug-likeness (QED) is 0.612. The molecule has 0 spiro atoms. The molecular weight excluding hydrogens is 416 g/mol. The predicted molar refractivity (Wildman–Crippen MR) is 130 cm³/mol. The van der Waals surface area contributed by atoms with Gasteiger partial charge in [0.2, 0.25) is 11.8 Å². The molecule has 2 saturated heterocycles. The molecule has 2 atom stereocenters. The lowest BCUT2D eigenvalue weighted by Gasteiger charge is -2.37. The first-order chi connectivity index (χ1) is 15.6. The highest BCUT2D eigenvalue weighted by molar-refractivity contribution is 5.99. The molecule has 2 aliphatic heterocycles. The molecule has 0 radical (unpaired) electrons. The van der Waals surface area contributed by atoms with Crippen molar-refractivity contribution in [3.05, 3.63) is 41.5 Å². The highest BCUT2D eigenvalue weighted by Crippen LogP contribution is 2.34. The minimum Gasteiger partial charge on any atom is -0.378 e. The van der Waals surface area contributed by atoms with Gasteiger partial charge in [0.25, 0.3) is 0 Å². The Bertz CT molecular complexity index is 892. The first-order valence-corrected chi connectivity index (χ1v) is 12.0. The molecule has 180 valence electrons. The van der Waals surface area contributed by atoms with Crippen molar-refractivity contribution in [2.24, 2.45) is 11.3 Å². The maximum Gasteiger partial charge on any atom is 0.245 e. The van der Waals surface area contributed by atoms with Gasteiger partial charge in [0.15, 0.2) is 5.78 Å². The van der Waals surface area contributed by atoms with Crippen molar-refractivity contribution in [1.82, 2.24) is 9.80 Å². The normalized spacial score (nSPS) is 20.6. The highest BCUT2D eigenvalue weighted by atomic mass is 16.5. The number of nitrogens with zero attached hydrogens (tertiary/aromatic N) is 2. The average Bonchev–Trinajstić information content (AvgIpc) is 3.26. The number of hydrogen-bond donors (Lipinski definition) is 0. The van der Waals surface area contributed by atoms with Gasteiger partial charge in [-0.1, -0.05) is 50.6 Å². The summed E-state index contributed by atoms with van der Waals surface area (Å²) in [7, 11) is 0. The Balaban J connectivity index is 1.74. The number of rotatable bonds is 6. The van der Waals surface area contributed by atoms with Crippen molar-refractivity contribution < 1.29 is 19.1 Å². The molecule has 2 amide bonds. The van der Waals surface area contributed by atoms with Gasteiger partial charge in [-0.25, -0.2) is 0 Å². The topological polar surface area (TPSA) is 66.9 Å². The SMILES string of the molecule is C/C(=C\C(=O)C[C@H](C(=O)N1CCCC1C(=O)N1CCOCC1)C(C)(C)C)c1ccc(C)cc1. The molecule has 1 aromatic rings. The number of carbonyl (C=O) groups is 3. The molecule has 2 aliphatic rings. The third-order valence-corrected chi connectivity index (χ3v) is 6.78. The van der Waals surface area contributed by atoms with E-state index in [0.717, 1.165) is 17.6 Å². The summed E-state index contributed by atoms with van der Waals surface area (Å²) < 4.78 is 5.37. The van der Waals surface area contributed by atoms with Crippen molar-refractivity contribution in [1.29, 1.82) is 0 Å². The molecule has 6 heteroatoms. The van der Waals surface area contributed by atoms with E-state index in [1.807, 2.05) is 63.8 Å². The summed E-state index contributed by atoms with van der Waals surface area (Å²) in [6.07, 6.45) is 3.28. The number of amides is 2. The van der Waals surface area contributed by atoms with Crippen LogP contribution < -0.4 is 0 Å². The molecule has 0 bridgehead atoms. The van der Waals surface area contributed by atoms with E-state index in [4.69, 9.17) is 4.74 Å². The van der Waals surface area contributed by atoms with E-state index in [-0.39, 0.29) is 24.0 Å². The smallest absolute Gasteiger partial charge is 0.245 e. The number of morpholine rings is 1. The first-order valence-electron chi connectivity index (χ1n) is 12.0. The zero-order valence-corrected chi connectivity index (χ0v) is 20.7. The maximum atomic E-state index is 13.7. The zero-order valence-electron chi connectivity index (χ0n) is 20.7. The average molecular weight is 455 g/mol. The minimum atomic E-state index is -0.481. The Morgan fingerprint density at radius 1 is 1.09 bits per heavy atom. The van der Waals surface area contributed by atoms with Crippen LogP contribution in [0.2, 0.25) is 0 Å². The van der Waals surface area contributed by atoms with E-state index in [2.05, 4.69) is 0 Å².